The van der Waals surface area contributed by atoms with Crippen LogP contribution in [0.5, 0.6) is 17.2 Å². The zero-order chi connectivity index (χ0) is 27.3. The van der Waals surface area contributed by atoms with Gasteiger partial charge in [-0.3, -0.25) is 9.69 Å². The minimum atomic E-state index is -0.0936. The van der Waals surface area contributed by atoms with Crippen molar-refractivity contribution in [3.8, 4) is 17.2 Å². The number of fused-ring (bicyclic) bond motifs is 5. The van der Waals surface area contributed by atoms with Gasteiger partial charge in [0.25, 0.3) is 0 Å². The Morgan fingerprint density at radius 3 is 2.88 bits per heavy atom. The first-order chi connectivity index (χ1) is 19.6. The highest BCUT2D eigenvalue weighted by Gasteiger charge is 2.32. The van der Waals surface area contributed by atoms with Crippen molar-refractivity contribution in [1.82, 2.24) is 15.2 Å². The van der Waals surface area contributed by atoms with E-state index in [2.05, 4.69) is 20.1 Å². The second-order valence-electron chi connectivity index (χ2n) is 10.5. The molecule has 3 aromatic rings. The molecule has 2 fully saturated rings. The Bertz CT molecular complexity index is 1310. The Morgan fingerprint density at radius 1 is 1.10 bits per heavy atom. The maximum absolute atomic E-state index is 13.1. The van der Waals surface area contributed by atoms with E-state index in [9.17, 15) is 4.79 Å². The third kappa shape index (κ3) is 6.58. The Labute approximate surface area is 239 Å². The number of ether oxygens (including phenoxy) is 4. The summed E-state index contributed by atoms with van der Waals surface area (Å²) in [7, 11) is 1.63. The van der Waals surface area contributed by atoms with Gasteiger partial charge in [-0.15, -0.1) is 11.3 Å². The molecule has 2 aromatic carbocycles. The highest BCUT2D eigenvalue weighted by atomic mass is 32.1. The molecule has 10 heteroatoms. The normalized spacial score (nSPS) is 22.3. The van der Waals surface area contributed by atoms with Crippen molar-refractivity contribution in [1.29, 1.82) is 0 Å². The van der Waals surface area contributed by atoms with E-state index in [1.807, 2.05) is 48.7 Å². The van der Waals surface area contributed by atoms with E-state index in [0.29, 0.717) is 30.9 Å². The summed E-state index contributed by atoms with van der Waals surface area (Å²) >= 11 is 1.75. The molecule has 2 saturated heterocycles. The Morgan fingerprint density at radius 2 is 2.00 bits per heavy atom. The van der Waals surface area contributed by atoms with Crippen molar-refractivity contribution in [2.24, 2.45) is 0 Å². The fraction of sp³-hybridized carbons (Fsp3) is 0.467. The van der Waals surface area contributed by atoms with Crippen molar-refractivity contribution < 1.29 is 23.7 Å². The van der Waals surface area contributed by atoms with Crippen LogP contribution >= 0.6 is 11.3 Å². The first kappa shape index (κ1) is 27.0. The number of aryl methyl sites for hydroxylation is 1. The number of likely N-dealkylation sites (tertiary alicyclic amines) is 1. The molecule has 0 saturated carbocycles. The van der Waals surface area contributed by atoms with Crippen LogP contribution in [0.1, 0.15) is 28.8 Å². The summed E-state index contributed by atoms with van der Waals surface area (Å²) in [6, 6.07) is 13.7. The number of rotatable bonds is 4. The number of amides is 1. The number of hydrogen-bond donors (Lipinski definition) is 1. The number of piperidine rings is 1. The molecule has 0 spiro atoms. The minimum absolute atomic E-state index is 0.0292. The lowest BCUT2D eigenvalue weighted by atomic mass is 10.0. The lowest BCUT2D eigenvalue weighted by molar-refractivity contribution is -0.124. The fourth-order valence-corrected chi connectivity index (χ4v) is 6.50. The van der Waals surface area contributed by atoms with Crippen molar-refractivity contribution in [2.75, 3.05) is 51.4 Å². The molecular weight excluding hydrogens is 528 g/mol. The van der Waals surface area contributed by atoms with Crippen LogP contribution in [-0.4, -0.2) is 74.4 Å². The summed E-state index contributed by atoms with van der Waals surface area (Å²) in [4.78, 5) is 23.7. The molecule has 4 bridgehead atoms. The zero-order valence-electron chi connectivity index (χ0n) is 22.8. The topological polar surface area (TPSA) is 85.4 Å². The van der Waals surface area contributed by atoms with Gasteiger partial charge >= 0.3 is 0 Å². The van der Waals surface area contributed by atoms with E-state index < -0.39 is 0 Å². The Kier molecular flexibility index (Phi) is 8.48. The van der Waals surface area contributed by atoms with Gasteiger partial charge in [-0.2, -0.15) is 0 Å². The number of methoxy groups -OCH3 is 1. The van der Waals surface area contributed by atoms with Gasteiger partial charge < -0.3 is 29.2 Å². The van der Waals surface area contributed by atoms with Gasteiger partial charge in [-0.1, -0.05) is 18.2 Å². The smallest absolute Gasteiger partial charge is 0.220 e. The van der Waals surface area contributed by atoms with Crippen LogP contribution < -0.4 is 19.7 Å². The maximum atomic E-state index is 13.1. The molecule has 0 radical (unpaired) electrons. The SMILES string of the molecule is COc1ccc2cc1Oc1cccc(c1)CO[C@@H]1CCN(Cc3cnc(N4CCOCC4)s3)C[C@@H]1NC(=O)CC2. The summed E-state index contributed by atoms with van der Waals surface area (Å²) in [5, 5.41) is 4.36. The molecule has 1 amide bonds. The van der Waals surface area contributed by atoms with E-state index in [4.69, 9.17) is 18.9 Å². The predicted molar refractivity (Wildman–Crippen MR) is 153 cm³/mol. The lowest BCUT2D eigenvalue weighted by Crippen LogP contribution is -2.55. The number of nitrogens with zero attached hydrogens (tertiary/aromatic N) is 3. The maximum Gasteiger partial charge on any atom is 0.220 e. The lowest BCUT2D eigenvalue weighted by Gasteiger charge is -2.38. The van der Waals surface area contributed by atoms with Gasteiger partial charge in [0.05, 0.1) is 39.1 Å². The van der Waals surface area contributed by atoms with Gasteiger partial charge in [-0.25, -0.2) is 4.98 Å². The number of morpholine rings is 1. The molecule has 4 heterocycles. The largest absolute Gasteiger partial charge is 0.493 e. The van der Waals surface area contributed by atoms with Crippen LogP contribution in [0, 0.1) is 0 Å². The summed E-state index contributed by atoms with van der Waals surface area (Å²) in [5.41, 5.74) is 2.05. The molecule has 40 heavy (non-hydrogen) atoms. The first-order valence-corrected chi connectivity index (χ1v) is 14.8. The second-order valence-corrected chi connectivity index (χ2v) is 11.6. The molecule has 3 aliphatic heterocycles. The van der Waals surface area contributed by atoms with Gasteiger partial charge in [0, 0.05) is 50.2 Å². The van der Waals surface area contributed by atoms with Gasteiger partial charge in [0.15, 0.2) is 16.6 Å². The van der Waals surface area contributed by atoms with Gasteiger partial charge in [0.2, 0.25) is 5.91 Å². The zero-order valence-corrected chi connectivity index (χ0v) is 23.7. The summed E-state index contributed by atoms with van der Waals surface area (Å²) in [6.07, 6.45) is 3.76. The average molecular weight is 565 g/mol. The van der Waals surface area contributed by atoms with Crippen LogP contribution in [0.4, 0.5) is 5.13 Å². The molecule has 9 nitrogen and oxygen atoms in total. The van der Waals surface area contributed by atoms with Crippen molar-refractivity contribution in [3.05, 3.63) is 64.7 Å². The number of anilines is 1. The Balaban J connectivity index is 1.17. The quantitative estimate of drug-likeness (QED) is 0.509. The number of aromatic nitrogens is 1. The molecule has 212 valence electrons. The highest BCUT2D eigenvalue weighted by molar-refractivity contribution is 7.15. The van der Waals surface area contributed by atoms with Gasteiger partial charge in [-0.05, 0) is 48.2 Å². The van der Waals surface area contributed by atoms with E-state index in [1.54, 1.807) is 18.4 Å². The monoisotopic (exact) mass is 564 g/mol. The fourth-order valence-electron chi connectivity index (χ4n) is 5.49. The number of hydrogen-bond acceptors (Lipinski definition) is 9. The van der Waals surface area contributed by atoms with Crippen LogP contribution in [0.2, 0.25) is 0 Å². The summed E-state index contributed by atoms with van der Waals surface area (Å²) in [5.74, 6) is 2.05. The molecule has 1 N–H and O–H groups in total. The summed E-state index contributed by atoms with van der Waals surface area (Å²) in [6.45, 7) is 6.17. The summed E-state index contributed by atoms with van der Waals surface area (Å²) < 4.78 is 23.6. The van der Waals surface area contributed by atoms with Crippen molar-refractivity contribution in [3.63, 3.8) is 0 Å². The van der Waals surface area contributed by atoms with Crippen LogP contribution in [0.3, 0.4) is 0 Å². The van der Waals surface area contributed by atoms with Crippen molar-refractivity contribution >= 4 is 22.4 Å². The Hall–Kier alpha value is -3.18. The third-order valence-electron chi connectivity index (χ3n) is 7.64. The molecule has 0 aliphatic carbocycles. The number of benzene rings is 2. The number of thiazole rings is 1. The van der Waals surface area contributed by atoms with E-state index >= 15 is 0 Å². The number of carbonyl (C=O) groups excluding carboxylic acids is 1. The average Bonchev–Trinajstić information content (AvgIpc) is 3.44. The second kappa shape index (κ2) is 12.6. The van der Waals surface area contributed by atoms with Crippen LogP contribution in [-0.2, 0) is 33.8 Å². The molecule has 2 atom stereocenters. The standard InChI is InChI=1S/C30H36N4O5S/c1-36-27-7-5-21-6-8-29(35)32-25-19-33(18-24-17-31-30(40-24)34-11-13-37-14-12-34)10-9-26(25)38-20-22-3-2-4-23(15-22)39-28(27)16-21/h2-5,7,15-17,25-26H,6,8-14,18-20H2,1H3,(H,32,35)/t25-,26+/m0/s1. The molecule has 0 unspecified atom stereocenters. The first-order valence-electron chi connectivity index (χ1n) is 14.0. The third-order valence-corrected chi connectivity index (χ3v) is 8.68. The molecular formula is C30H36N4O5S. The molecule has 3 aliphatic rings. The van der Waals surface area contributed by atoms with Crippen LogP contribution in [0.25, 0.3) is 0 Å². The minimum Gasteiger partial charge on any atom is -0.493 e. The van der Waals surface area contributed by atoms with E-state index in [1.165, 1.54) is 4.88 Å². The van der Waals surface area contributed by atoms with Crippen LogP contribution in [0.15, 0.2) is 48.7 Å². The molecule has 6 rings (SSSR count). The molecule has 1 aromatic heterocycles. The predicted octanol–water partition coefficient (Wildman–Crippen LogP) is 4.00. The highest BCUT2D eigenvalue weighted by Crippen LogP contribution is 2.33. The van der Waals surface area contributed by atoms with Crippen molar-refractivity contribution in [2.45, 2.75) is 44.6 Å². The number of carbonyl (C=O) groups is 1. The number of nitrogens with one attached hydrogen (secondary N) is 1. The van der Waals surface area contributed by atoms with E-state index in [0.717, 1.165) is 74.4 Å². The van der Waals surface area contributed by atoms with Gasteiger partial charge in [0.1, 0.15) is 5.75 Å². The van der Waals surface area contributed by atoms with E-state index in [-0.39, 0.29) is 18.1 Å².